The van der Waals surface area contributed by atoms with Crippen molar-refractivity contribution in [1.82, 2.24) is 5.32 Å². The molecule has 0 aliphatic heterocycles. The molecule has 1 amide bonds. The molecule has 4 nitrogen and oxygen atoms in total. The maximum Gasteiger partial charge on any atom is 0.416 e. The van der Waals surface area contributed by atoms with E-state index in [1.165, 1.54) is 6.07 Å². The van der Waals surface area contributed by atoms with Crippen molar-refractivity contribution in [2.24, 2.45) is 0 Å². The topological polar surface area (TPSA) is 61.4 Å². The minimum Gasteiger partial charge on any atom is -0.506 e. The average Bonchev–Trinajstić information content (AvgIpc) is 2.61. The summed E-state index contributed by atoms with van der Waals surface area (Å²) >= 11 is 8.21. The summed E-state index contributed by atoms with van der Waals surface area (Å²) < 4.78 is 78.3. The van der Waals surface area contributed by atoms with Crippen molar-refractivity contribution in [1.29, 1.82) is 0 Å². The minimum atomic E-state index is -5.09. The molecule has 0 saturated heterocycles. The number of anilines is 1. The first-order chi connectivity index (χ1) is 13.6. The van der Waals surface area contributed by atoms with Crippen LogP contribution in [0, 0.1) is 13.8 Å². The number of carbonyl (C=O) groups is 1. The Kier molecular flexibility index (Phi) is 6.72. The van der Waals surface area contributed by atoms with Gasteiger partial charge >= 0.3 is 12.4 Å². The molecule has 0 fully saturated rings. The third-order valence-electron chi connectivity index (χ3n) is 3.98. The maximum atomic E-state index is 12.9. The van der Waals surface area contributed by atoms with Gasteiger partial charge < -0.3 is 10.4 Å². The predicted molar refractivity (Wildman–Crippen MR) is 105 cm³/mol. The Bertz CT molecular complexity index is 989. The fourth-order valence-electron chi connectivity index (χ4n) is 2.50. The van der Waals surface area contributed by atoms with E-state index in [9.17, 15) is 36.2 Å². The molecule has 0 radical (unpaired) electrons. The van der Waals surface area contributed by atoms with Gasteiger partial charge in [0.1, 0.15) is 5.75 Å². The molecule has 3 N–H and O–H groups in total. The van der Waals surface area contributed by atoms with Crippen LogP contribution in [0.25, 0.3) is 0 Å². The molecule has 2 aromatic rings. The molecule has 0 aliphatic carbocycles. The van der Waals surface area contributed by atoms with Crippen LogP contribution in [0.3, 0.4) is 0 Å². The van der Waals surface area contributed by atoms with Crippen LogP contribution in [0.2, 0.25) is 0 Å². The number of halogens is 7. The largest absolute Gasteiger partial charge is 0.506 e. The predicted octanol–water partition coefficient (Wildman–Crippen LogP) is 5.94. The highest BCUT2D eigenvalue weighted by Crippen LogP contribution is 2.37. The Labute approximate surface area is 180 Å². The Balaban J connectivity index is 2.32. The van der Waals surface area contributed by atoms with Crippen molar-refractivity contribution in [2.75, 3.05) is 5.32 Å². The van der Waals surface area contributed by atoms with Crippen LogP contribution in [0.5, 0.6) is 5.75 Å². The average molecular weight is 515 g/mol. The first kappa shape index (κ1) is 23.9. The van der Waals surface area contributed by atoms with Gasteiger partial charge in [-0.25, -0.2) is 0 Å². The highest BCUT2D eigenvalue weighted by molar-refractivity contribution is 9.10. The number of phenols is 1. The molecule has 0 saturated carbocycles. The highest BCUT2D eigenvalue weighted by Gasteiger charge is 2.37. The van der Waals surface area contributed by atoms with Gasteiger partial charge in [0.15, 0.2) is 5.11 Å². The molecule has 30 heavy (non-hydrogen) atoms. The van der Waals surface area contributed by atoms with E-state index in [-0.39, 0.29) is 17.5 Å². The van der Waals surface area contributed by atoms with E-state index in [0.29, 0.717) is 27.7 Å². The summed E-state index contributed by atoms with van der Waals surface area (Å²) in [7, 11) is 0. The first-order valence-corrected chi connectivity index (χ1v) is 9.22. The Morgan fingerprint density at radius 1 is 1.00 bits per heavy atom. The van der Waals surface area contributed by atoms with Crippen LogP contribution in [-0.4, -0.2) is 16.1 Å². The lowest BCUT2D eigenvalue weighted by Gasteiger charge is -2.17. The first-order valence-electron chi connectivity index (χ1n) is 8.01. The van der Waals surface area contributed by atoms with Crippen LogP contribution in [0.15, 0.2) is 28.7 Å². The fourth-order valence-corrected chi connectivity index (χ4v) is 3.01. The molecule has 0 aromatic heterocycles. The highest BCUT2D eigenvalue weighted by atomic mass is 79.9. The zero-order chi connectivity index (χ0) is 23.0. The SMILES string of the molecule is Cc1cc(O)c(NC(=S)NC(=O)c2cc(C(F)(F)F)cc(C(F)(F)F)c2)c(C)c1Br. The van der Waals surface area contributed by atoms with Crippen molar-refractivity contribution < 1.29 is 36.2 Å². The number of rotatable bonds is 2. The quantitative estimate of drug-likeness (QED) is 0.264. The third-order valence-corrected chi connectivity index (χ3v) is 5.40. The molecule has 2 aromatic carbocycles. The molecule has 0 aliphatic rings. The number of thiocarbonyl (C=S) groups is 1. The van der Waals surface area contributed by atoms with Gasteiger partial charge in [-0.1, -0.05) is 15.9 Å². The summed E-state index contributed by atoms with van der Waals surface area (Å²) in [6.45, 7) is 3.33. The number of benzene rings is 2. The van der Waals surface area contributed by atoms with Crippen LogP contribution < -0.4 is 10.6 Å². The van der Waals surface area contributed by atoms with E-state index in [4.69, 9.17) is 12.2 Å². The number of hydrogen-bond acceptors (Lipinski definition) is 3. The number of phenolic OH excluding ortho intramolecular Hbond substituents is 1. The molecular formula is C18H13BrF6N2O2S. The van der Waals surface area contributed by atoms with E-state index in [2.05, 4.69) is 21.2 Å². The van der Waals surface area contributed by atoms with Gasteiger partial charge in [-0.15, -0.1) is 0 Å². The van der Waals surface area contributed by atoms with Gasteiger partial charge in [-0.3, -0.25) is 10.1 Å². The third kappa shape index (κ3) is 5.42. The molecule has 0 atom stereocenters. The number of amides is 1. The van der Waals surface area contributed by atoms with Gasteiger partial charge in [0.25, 0.3) is 5.91 Å². The molecule has 12 heteroatoms. The zero-order valence-electron chi connectivity index (χ0n) is 15.2. The normalized spacial score (nSPS) is 11.9. The summed E-state index contributed by atoms with van der Waals surface area (Å²) in [5.74, 6) is -1.50. The lowest BCUT2D eigenvalue weighted by molar-refractivity contribution is -0.143. The molecule has 2 rings (SSSR count). The molecule has 0 heterocycles. The van der Waals surface area contributed by atoms with E-state index in [0.717, 1.165) is 0 Å². The minimum absolute atomic E-state index is 0.0847. The number of alkyl halides is 6. The second kappa shape index (κ2) is 8.42. The molecule has 0 unspecified atom stereocenters. The Hall–Kier alpha value is -2.34. The lowest BCUT2D eigenvalue weighted by atomic mass is 10.0. The van der Waals surface area contributed by atoms with Crippen molar-refractivity contribution in [3.63, 3.8) is 0 Å². The number of aromatic hydroxyl groups is 1. The van der Waals surface area contributed by atoms with E-state index in [1.807, 2.05) is 5.32 Å². The van der Waals surface area contributed by atoms with Crippen molar-refractivity contribution in [2.45, 2.75) is 26.2 Å². The molecule has 0 bridgehead atoms. The fraction of sp³-hybridized carbons (Fsp3) is 0.222. The smallest absolute Gasteiger partial charge is 0.416 e. The number of nitrogens with one attached hydrogen (secondary N) is 2. The standard InChI is InChI=1S/C18H13BrF6N2O2S/c1-7-3-12(28)14(8(2)13(7)19)26-16(30)27-15(29)9-4-10(17(20,21)22)6-11(5-9)18(23,24)25/h3-6,28H,1-2H3,(H2,26,27,29,30). The summed E-state index contributed by atoms with van der Waals surface area (Å²) in [6, 6.07) is 1.89. The second-order valence-electron chi connectivity index (χ2n) is 6.23. The molecule has 0 spiro atoms. The van der Waals surface area contributed by atoms with Crippen molar-refractivity contribution in [3.05, 3.63) is 56.6 Å². The Morgan fingerprint density at radius 3 is 1.97 bits per heavy atom. The van der Waals surface area contributed by atoms with Crippen LogP contribution in [-0.2, 0) is 12.4 Å². The number of carbonyl (C=O) groups excluding carboxylic acids is 1. The van der Waals surface area contributed by atoms with Gasteiger partial charge in [0.05, 0.1) is 16.8 Å². The van der Waals surface area contributed by atoms with Crippen molar-refractivity contribution in [3.8, 4) is 5.75 Å². The lowest BCUT2D eigenvalue weighted by Crippen LogP contribution is -2.34. The van der Waals surface area contributed by atoms with Crippen LogP contribution in [0.1, 0.15) is 32.6 Å². The maximum absolute atomic E-state index is 12.9. The summed E-state index contributed by atoms with van der Waals surface area (Å²) in [4.78, 5) is 12.2. The molecular weight excluding hydrogens is 502 g/mol. The van der Waals surface area contributed by atoms with E-state index < -0.39 is 40.1 Å². The number of hydrogen-bond donors (Lipinski definition) is 3. The zero-order valence-corrected chi connectivity index (χ0v) is 17.6. The number of aryl methyl sites for hydroxylation is 1. The van der Waals surface area contributed by atoms with Gasteiger partial charge in [-0.05, 0) is 61.5 Å². The Morgan fingerprint density at radius 2 is 1.50 bits per heavy atom. The van der Waals surface area contributed by atoms with Crippen LogP contribution in [0.4, 0.5) is 32.0 Å². The summed E-state index contributed by atoms with van der Waals surface area (Å²) in [6.07, 6.45) is -10.2. The van der Waals surface area contributed by atoms with Crippen LogP contribution >= 0.6 is 28.1 Å². The summed E-state index contributed by atoms with van der Waals surface area (Å²) in [5, 5.41) is 14.1. The second-order valence-corrected chi connectivity index (χ2v) is 7.43. The van der Waals surface area contributed by atoms with E-state index >= 15 is 0 Å². The summed E-state index contributed by atoms with van der Waals surface area (Å²) in [5.41, 5.74) is -2.81. The molecule has 162 valence electrons. The van der Waals surface area contributed by atoms with Gasteiger partial charge in [0.2, 0.25) is 0 Å². The van der Waals surface area contributed by atoms with Gasteiger partial charge in [0, 0.05) is 10.0 Å². The van der Waals surface area contributed by atoms with Gasteiger partial charge in [-0.2, -0.15) is 26.3 Å². The van der Waals surface area contributed by atoms with E-state index in [1.54, 1.807) is 13.8 Å². The monoisotopic (exact) mass is 514 g/mol. The van der Waals surface area contributed by atoms with Crippen molar-refractivity contribution >= 4 is 44.9 Å².